The number of hydrogen-bond donors (Lipinski definition) is 1. The molecule has 3 rings (SSSR count). The molecule has 0 aromatic carbocycles. The van der Waals surface area contributed by atoms with E-state index in [1.165, 1.54) is 32.1 Å². The first-order chi connectivity index (χ1) is 9.36. The molecule has 1 aliphatic heterocycles. The summed E-state index contributed by atoms with van der Waals surface area (Å²) >= 11 is 0. The van der Waals surface area contributed by atoms with Gasteiger partial charge in [-0.2, -0.15) is 4.98 Å². The molecule has 1 saturated heterocycles. The van der Waals surface area contributed by atoms with Crippen LogP contribution in [0.5, 0.6) is 0 Å². The second-order valence-corrected chi connectivity index (χ2v) is 5.82. The Morgan fingerprint density at radius 3 is 2.53 bits per heavy atom. The summed E-state index contributed by atoms with van der Waals surface area (Å²) in [5, 5.41) is 7.54. The Hall–Kier alpha value is -1.10. The zero-order valence-electron chi connectivity index (χ0n) is 11.8. The first kappa shape index (κ1) is 12.9. The molecule has 5 heteroatoms. The highest BCUT2D eigenvalue weighted by Crippen LogP contribution is 2.32. The Morgan fingerprint density at radius 1 is 1.11 bits per heavy atom. The average Bonchev–Trinajstić information content (AvgIpc) is 2.98. The van der Waals surface area contributed by atoms with Gasteiger partial charge < -0.3 is 14.7 Å². The SMILES string of the molecule is CNC1CCC(c2nc(N3CCCCC3)no2)CC1. The van der Waals surface area contributed by atoms with Gasteiger partial charge >= 0.3 is 0 Å². The van der Waals surface area contributed by atoms with Gasteiger partial charge in [0.1, 0.15) is 0 Å². The molecule has 2 heterocycles. The van der Waals surface area contributed by atoms with Gasteiger partial charge in [0.25, 0.3) is 5.95 Å². The summed E-state index contributed by atoms with van der Waals surface area (Å²) in [5.74, 6) is 2.14. The zero-order valence-corrected chi connectivity index (χ0v) is 11.8. The van der Waals surface area contributed by atoms with Crippen LogP contribution in [0.15, 0.2) is 4.52 Å². The van der Waals surface area contributed by atoms with Gasteiger partial charge in [0.05, 0.1) is 0 Å². The van der Waals surface area contributed by atoms with Crippen LogP contribution in [0.2, 0.25) is 0 Å². The molecule has 1 aliphatic carbocycles. The smallest absolute Gasteiger partial charge is 0.266 e. The largest absolute Gasteiger partial charge is 0.338 e. The average molecular weight is 264 g/mol. The molecule has 1 aromatic rings. The first-order valence-corrected chi connectivity index (χ1v) is 7.62. The van der Waals surface area contributed by atoms with Crippen molar-refractivity contribution in [1.82, 2.24) is 15.5 Å². The highest BCUT2D eigenvalue weighted by Gasteiger charge is 2.26. The molecule has 0 radical (unpaired) electrons. The zero-order chi connectivity index (χ0) is 13.1. The maximum Gasteiger partial charge on any atom is 0.266 e. The van der Waals surface area contributed by atoms with Crippen LogP contribution in [0, 0.1) is 0 Å². The first-order valence-electron chi connectivity index (χ1n) is 7.62. The van der Waals surface area contributed by atoms with Gasteiger partial charge in [-0.05, 0) is 57.2 Å². The van der Waals surface area contributed by atoms with E-state index in [0.29, 0.717) is 12.0 Å². The Kier molecular flexibility index (Phi) is 4.01. The monoisotopic (exact) mass is 264 g/mol. The molecule has 106 valence electrons. The summed E-state index contributed by atoms with van der Waals surface area (Å²) in [4.78, 5) is 6.90. The lowest BCUT2D eigenvalue weighted by Crippen LogP contribution is -2.30. The Morgan fingerprint density at radius 2 is 1.84 bits per heavy atom. The summed E-state index contributed by atoms with van der Waals surface area (Å²) in [6, 6.07) is 0.667. The molecule has 19 heavy (non-hydrogen) atoms. The Balaban J connectivity index is 1.61. The molecule has 5 nitrogen and oxygen atoms in total. The van der Waals surface area contributed by atoms with Gasteiger partial charge in [-0.3, -0.25) is 0 Å². The minimum Gasteiger partial charge on any atom is -0.338 e. The van der Waals surface area contributed by atoms with Gasteiger partial charge in [0.15, 0.2) is 0 Å². The fourth-order valence-electron chi connectivity index (χ4n) is 3.24. The molecular formula is C14H24N4O. The quantitative estimate of drug-likeness (QED) is 0.908. The third-order valence-electron chi connectivity index (χ3n) is 4.55. The summed E-state index contributed by atoms with van der Waals surface area (Å²) in [5.41, 5.74) is 0. The topological polar surface area (TPSA) is 54.2 Å². The van der Waals surface area contributed by atoms with Crippen molar-refractivity contribution in [1.29, 1.82) is 0 Å². The molecule has 0 atom stereocenters. The third kappa shape index (κ3) is 2.91. The number of aromatic nitrogens is 2. The molecule has 2 aliphatic rings. The van der Waals surface area contributed by atoms with Crippen LogP contribution < -0.4 is 10.2 Å². The van der Waals surface area contributed by atoms with E-state index in [0.717, 1.165) is 37.8 Å². The van der Waals surface area contributed by atoms with E-state index in [9.17, 15) is 0 Å². The van der Waals surface area contributed by atoms with Crippen molar-refractivity contribution in [3.8, 4) is 0 Å². The minimum atomic E-state index is 0.468. The second kappa shape index (κ2) is 5.90. The molecular weight excluding hydrogens is 240 g/mol. The standard InChI is InChI=1S/C14H24N4O/c1-15-12-7-5-11(6-8-12)13-16-14(17-19-13)18-9-3-2-4-10-18/h11-12,15H,2-10H2,1H3. The summed E-state index contributed by atoms with van der Waals surface area (Å²) in [7, 11) is 2.05. The molecule has 0 bridgehead atoms. The molecule has 0 unspecified atom stereocenters. The maximum atomic E-state index is 5.50. The summed E-state index contributed by atoms with van der Waals surface area (Å²) in [6.45, 7) is 2.15. The number of nitrogens with zero attached hydrogens (tertiary/aromatic N) is 3. The van der Waals surface area contributed by atoms with E-state index in [1.54, 1.807) is 0 Å². The van der Waals surface area contributed by atoms with Crippen LogP contribution in [0.3, 0.4) is 0 Å². The lowest BCUT2D eigenvalue weighted by molar-refractivity contribution is 0.288. The van der Waals surface area contributed by atoms with Crippen LogP contribution in [0.25, 0.3) is 0 Å². The van der Waals surface area contributed by atoms with E-state index in [1.807, 2.05) is 7.05 Å². The van der Waals surface area contributed by atoms with Crippen molar-refractivity contribution in [2.45, 2.75) is 56.9 Å². The predicted molar refractivity (Wildman–Crippen MR) is 74.4 cm³/mol. The van der Waals surface area contributed by atoms with E-state index in [2.05, 4.69) is 20.4 Å². The molecule has 1 N–H and O–H groups in total. The lowest BCUT2D eigenvalue weighted by Gasteiger charge is -2.26. The van der Waals surface area contributed by atoms with Crippen LogP contribution in [0.4, 0.5) is 5.95 Å². The van der Waals surface area contributed by atoms with Crippen molar-refractivity contribution in [3.05, 3.63) is 5.89 Å². The van der Waals surface area contributed by atoms with Crippen molar-refractivity contribution in [2.75, 3.05) is 25.0 Å². The number of rotatable bonds is 3. The molecule has 2 fully saturated rings. The second-order valence-electron chi connectivity index (χ2n) is 5.82. The summed E-state index contributed by atoms with van der Waals surface area (Å²) in [6.07, 6.45) is 8.56. The van der Waals surface area contributed by atoms with E-state index in [-0.39, 0.29) is 0 Å². The van der Waals surface area contributed by atoms with Crippen molar-refractivity contribution < 1.29 is 4.52 Å². The van der Waals surface area contributed by atoms with Gasteiger partial charge in [-0.1, -0.05) is 0 Å². The van der Waals surface area contributed by atoms with Gasteiger partial charge in [0, 0.05) is 25.0 Å². The van der Waals surface area contributed by atoms with Crippen molar-refractivity contribution >= 4 is 5.95 Å². The van der Waals surface area contributed by atoms with Crippen molar-refractivity contribution in [2.24, 2.45) is 0 Å². The van der Waals surface area contributed by atoms with Gasteiger partial charge in [-0.25, -0.2) is 0 Å². The van der Waals surface area contributed by atoms with E-state index >= 15 is 0 Å². The number of nitrogens with one attached hydrogen (secondary N) is 1. The molecule has 1 saturated carbocycles. The molecule has 0 spiro atoms. The van der Waals surface area contributed by atoms with Crippen LogP contribution >= 0.6 is 0 Å². The molecule has 1 aromatic heterocycles. The van der Waals surface area contributed by atoms with Crippen molar-refractivity contribution in [3.63, 3.8) is 0 Å². The maximum absolute atomic E-state index is 5.50. The number of hydrogen-bond acceptors (Lipinski definition) is 5. The van der Waals surface area contributed by atoms with Crippen LogP contribution in [-0.4, -0.2) is 36.3 Å². The lowest BCUT2D eigenvalue weighted by atomic mass is 9.86. The fourth-order valence-corrected chi connectivity index (χ4v) is 3.24. The fraction of sp³-hybridized carbons (Fsp3) is 0.857. The minimum absolute atomic E-state index is 0.468. The number of anilines is 1. The van der Waals surface area contributed by atoms with Crippen LogP contribution in [0.1, 0.15) is 56.8 Å². The normalized spacial score (nSPS) is 28.6. The highest BCUT2D eigenvalue weighted by atomic mass is 16.5. The Labute approximate surface area is 114 Å². The van der Waals surface area contributed by atoms with Gasteiger partial charge in [-0.15, -0.1) is 0 Å². The summed E-state index contributed by atoms with van der Waals surface area (Å²) < 4.78 is 5.50. The predicted octanol–water partition coefficient (Wildman–Crippen LogP) is 2.31. The number of piperidine rings is 1. The van der Waals surface area contributed by atoms with E-state index in [4.69, 9.17) is 4.52 Å². The Bertz CT molecular complexity index is 392. The van der Waals surface area contributed by atoms with Crippen LogP contribution in [-0.2, 0) is 0 Å². The van der Waals surface area contributed by atoms with E-state index < -0.39 is 0 Å². The third-order valence-corrected chi connectivity index (χ3v) is 4.55. The van der Waals surface area contributed by atoms with Gasteiger partial charge in [0.2, 0.25) is 5.89 Å². The molecule has 0 amide bonds. The highest BCUT2D eigenvalue weighted by molar-refractivity contribution is 5.28.